The van der Waals surface area contributed by atoms with E-state index in [1.165, 1.54) is 6.92 Å². The third-order valence-electron chi connectivity index (χ3n) is 2.86. The summed E-state index contributed by atoms with van der Waals surface area (Å²) in [6.45, 7) is 3.46. The van der Waals surface area contributed by atoms with Gasteiger partial charge < -0.3 is 15.7 Å². The predicted molar refractivity (Wildman–Crippen MR) is 74.0 cm³/mol. The SMILES string of the molecule is CCCC(C)(NC(=O)CNc1ccccc1)C(=O)O. The molecule has 19 heavy (non-hydrogen) atoms. The minimum absolute atomic E-state index is 0.0522. The van der Waals surface area contributed by atoms with E-state index in [1.807, 2.05) is 37.3 Å². The predicted octanol–water partition coefficient (Wildman–Crippen LogP) is 1.86. The van der Waals surface area contributed by atoms with Gasteiger partial charge in [-0.05, 0) is 25.5 Å². The van der Waals surface area contributed by atoms with Gasteiger partial charge in [0.2, 0.25) is 5.91 Å². The highest BCUT2D eigenvalue weighted by molar-refractivity contribution is 5.88. The van der Waals surface area contributed by atoms with Gasteiger partial charge in [-0.2, -0.15) is 0 Å². The maximum Gasteiger partial charge on any atom is 0.329 e. The van der Waals surface area contributed by atoms with Gasteiger partial charge in [0, 0.05) is 5.69 Å². The molecule has 5 heteroatoms. The Labute approximate surface area is 113 Å². The number of carboxylic acid groups (broad SMARTS) is 1. The van der Waals surface area contributed by atoms with Crippen molar-refractivity contribution in [1.29, 1.82) is 0 Å². The number of rotatable bonds is 7. The van der Waals surface area contributed by atoms with Crippen LogP contribution in [-0.2, 0) is 9.59 Å². The molecule has 0 aromatic heterocycles. The maximum atomic E-state index is 11.8. The molecule has 1 unspecified atom stereocenters. The van der Waals surface area contributed by atoms with E-state index >= 15 is 0 Å². The van der Waals surface area contributed by atoms with E-state index in [4.69, 9.17) is 5.11 Å². The normalized spacial score (nSPS) is 13.4. The smallest absolute Gasteiger partial charge is 0.329 e. The van der Waals surface area contributed by atoms with Crippen LogP contribution in [0.5, 0.6) is 0 Å². The largest absolute Gasteiger partial charge is 0.480 e. The number of carbonyl (C=O) groups is 2. The topological polar surface area (TPSA) is 78.4 Å². The first-order chi connectivity index (χ1) is 8.98. The highest BCUT2D eigenvalue weighted by atomic mass is 16.4. The van der Waals surface area contributed by atoms with Crippen LogP contribution in [0.4, 0.5) is 5.69 Å². The van der Waals surface area contributed by atoms with Crippen LogP contribution in [0, 0.1) is 0 Å². The highest BCUT2D eigenvalue weighted by Crippen LogP contribution is 2.12. The molecule has 5 nitrogen and oxygen atoms in total. The van der Waals surface area contributed by atoms with E-state index in [0.29, 0.717) is 12.8 Å². The summed E-state index contributed by atoms with van der Waals surface area (Å²) in [7, 11) is 0. The number of para-hydroxylation sites is 1. The van der Waals surface area contributed by atoms with Gasteiger partial charge in [-0.25, -0.2) is 4.79 Å². The number of aliphatic carboxylic acids is 1. The number of hydrogen-bond donors (Lipinski definition) is 3. The van der Waals surface area contributed by atoms with Crippen LogP contribution < -0.4 is 10.6 Å². The molecule has 0 saturated carbocycles. The second-order valence-corrected chi connectivity index (χ2v) is 4.66. The van der Waals surface area contributed by atoms with E-state index in [1.54, 1.807) is 0 Å². The van der Waals surface area contributed by atoms with Gasteiger partial charge >= 0.3 is 5.97 Å². The molecule has 1 rings (SSSR count). The van der Waals surface area contributed by atoms with E-state index < -0.39 is 11.5 Å². The molecule has 0 spiro atoms. The van der Waals surface area contributed by atoms with E-state index in [9.17, 15) is 9.59 Å². The zero-order valence-corrected chi connectivity index (χ0v) is 11.3. The minimum Gasteiger partial charge on any atom is -0.480 e. The first-order valence-electron chi connectivity index (χ1n) is 6.31. The Morgan fingerprint density at radius 2 is 1.89 bits per heavy atom. The molecule has 1 amide bonds. The summed E-state index contributed by atoms with van der Waals surface area (Å²) in [5.41, 5.74) is -0.380. The summed E-state index contributed by atoms with van der Waals surface area (Å²) in [6.07, 6.45) is 1.09. The van der Waals surface area contributed by atoms with E-state index in [0.717, 1.165) is 5.69 Å². The molecule has 0 aliphatic rings. The molecule has 0 bridgehead atoms. The number of carbonyl (C=O) groups excluding carboxylic acids is 1. The number of nitrogens with one attached hydrogen (secondary N) is 2. The van der Waals surface area contributed by atoms with E-state index in [-0.39, 0.29) is 12.5 Å². The van der Waals surface area contributed by atoms with Gasteiger partial charge in [0.05, 0.1) is 6.54 Å². The second kappa shape index (κ2) is 6.78. The lowest BCUT2D eigenvalue weighted by molar-refractivity contribution is -0.147. The molecular formula is C14H20N2O3. The van der Waals surface area contributed by atoms with Crippen molar-refractivity contribution in [1.82, 2.24) is 5.32 Å². The van der Waals surface area contributed by atoms with Crippen LogP contribution in [-0.4, -0.2) is 29.1 Å². The third kappa shape index (κ3) is 4.62. The molecule has 0 heterocycles. The molecule has 1 atom stereocenters. The molecule has 0 fully saturated rings. The molecule has 1 aromatic carbocycles. The maximum absolute atomic E-state index is 11.8. The molecule has 0 saturated heterocycles. The van der Waals surface area contributed by atoms with Crippen LogP contribution in [0.25, 0.3) is 0 Å². The van der Waals surface area contributed by atoms with Crippen LogP contribution in [0.15, 0.2) is 30.3 Å². The second-order valence-electron chi connectivity index (χ2n) is 4.66. The Bertz CT molecular complexity index is 434. The quantitative estimate of drug-likeness (QED) is 0.702. The fourth-order valence-electron chi connectivity index (χ4n) is 1.81. The third-order valence-corrected chi connectivity index (χ3v) is 2.86. The molecule has 0 aliphatic heterocycles. The number of hydrogen-bond acceptors (Lipinski definition) is 3. The van der Waals surface area contributed by atoms with Crippen molar-refractivity contribution in [2.45, 2.75) is 32.2 Å². The Morgan fingerprint density at radius 3 is 2.42 bits per heavy atom. The van der Waals surface area contributed by atoms with Crippen LogP contribution >= 0.6 is 0 Å². The lowest BCUT2D eigenvalue weighted by atomic mass is 9.96. The van der Waals surface area contributed by atoms with Crippen molar-refractivity contribution in [3.63, 3.8) is 0 Å². The van der Waals surface area contributed by atoms with Crippen molar-refractivity contribution < 1.29 is 14.7 Å². The number of carboxylic acids is 1. The first kappa shape index (κ1) is 15.0. The van der Waals surface area contributed by atoms with Gasteiger partial charge in [0.15, 0.2) is 0 Å². The molecule has 0 radical (unpaired) electrons. The Kier molecular flexibility index (Phi) is 5.36. The Balaban J connectivity index is 2.52. The minimum atomic E-state index is -1.20. The van der Waals surface area contributed by atoms with Crippen LogP contribution in [0.3, 0.4) is 0 Å². The zero-order chi connectivity index (χ0) is 14.3. The van der Waals surface area contributed by atoms with Gasteiger partial charge in [0.25, 0.3) is 0 Å². The van der Waals surface area contributed by atoms with Crippen molar-refractivity contribution in [2.24, 2.45) is 0 Å². The summed E-state index contributed by atoms with van der Waals surface area (Å²) in [4.78, 5) is 23.0. The van der Waals surface area contributed by atoms with Crippen molar-refractivity contribution in [3.05, 3.63) is 30.3 Å². The fourth-order valence-corrected chi connectivity index (χ4v) is 1.81. The molecular weight excluding hydrogens is 244 g/mol. The van der Waals surface area contributed by atoms with Crippen molar-refractivity contribution in [3.8, 4) is 0 Å². The van der Waals surface area contributed by atoms with Crippen LogP contribution in [0.1, 0.15) is 26.7 Å². The van der Waals surface area contributed by atoms with Crippen molar-refractivity contribution in [2.75, 3.05) is 11.9 Å². The lowest BCUT2D eigenvalue weighted by Gasteiger charge is -2.25. The number of benzene rings is 1. The van der Waals surface area contributed by atoms with Crippen molar-refractivity contribution >= 4 is 17.6 Å². The summed E-state index contributed by atoms with van der Waals surface area (Å²) >= 11 is 0. The summed E-state index contributed by atoms with van der Waals surface area (Å²) in [5, 5.41) is 14.7. The number of amides is 1. The van der Waals surface area contributed by atoms with Gasteiger partial charge in [0.1, 0.15) is 5.54 Å². The Hall–Kier alpha value is -2.04. The Morgan fingerprint density at radius 1 is 1.26 bits per heavy atom. The highest BCUT2D eigenvalue weighted by Gasteiger charge is 2.33. The molecule has 104 valence electrons. The van der Waals surface area contributed by atoms with Gasteiger partial charge in [-0.1, -0.05) is 31.5 Å². The monoisotopic (exact) mass is 264 g/mol. The molecule has 3 N–H and O–H groups in total. The average molecular weight is 264 g/mol. The van der Waals surface area contributed by atoms with Gasteiger partial charge in [-0.15, -0.1) is 0 Å². The summed E-state index contributed by atoms with van der Waals surface area (Å²) in [5.74, 6) is -1.34. The lowest BCUT2D eigenvalue weighted by Crippen LogP contribution is -2.53. The fraction of sp³-hybridized carbons (Fsp3) is 0.429. The number of anilines is 1. The standard InChI is InChI=1S/C14H20N2O3/c1-3-9-14(2,13(18)19)16-12(17)10-15-11-7-5-4-6-8-11/h4-8,15H,3,9-10H2,1-2H3,(H,16,17)(H,18,19). The van der Waals surface area contributed by atoms with Gasteiger partial charge in [-0.3, -0.25) is 4.79 Å². The summed E-state index contributed by atoms with van der Waals surface area (Å²) < 4.78 is 0. The summed E-state index contributed by atoms with van der Waals surface area (Å²) in [6, 6.07) is 9.29. The zero-order valence-electron chi connectivity index (χ0n) is 11.3. The average Bonchev–Trinajstić information content (AvgIpc) is 2.37. The first-order valence-corrected chi connectivity index (χ1v) is 6.31. The van der Waals surface area contributed by atoms with E-state index in [2.05, 4.69) is 10.6 Å². The molecule has 0 aliphatic carbocycles. The molecule has 1 aromatic rings. The van der Waals surface area contributed by atoms with Crippen LogP contribution in [0.2, 0.25) is 0 Å².